The van der Waals surface area contributed by atoms with Gasteiger partial charge in [-0.15, -0.1) is 0 Å². The van der Waals surface area contributed by atoms with E-state index in [1.54, 1.807) is 41.4 Å². The standard InChI is InChI=1S/C21H22N4O5/c1-14(26)15-10-18-19(30-13-29-18)11-17(15)23-20(27)12-24-6-8-25(9-7-24)21(28)16-4-2-3-5-22-16/h2-5,10-11H,6-9,12-13H2,1H3,(H,23,27). The zero-order chi connectivity index (χ0) is 21.1. The number of hydrogen-bond acceptors (Lipinski definition) is 7. The lowest BCUT2D eigenvalue weighted by Gasteiger charge is -2.34. The lowest BCUT2D eigenvalue weighted by atomic mass is 10.1. The molecule has 0 aliphatic carbocycles. The molecule has 0 spiro atoms. The number of nitrogens with zero attached hydrogens (tertiary/aromatic N) is 3. The predicted octanol–water partition coefficient (Wildman–Crippen LogP) is 1.41. The zero-order valence-corrected chi connectivity index (χ0v) is 16.6. The molecule has 3 heterocycles. The van der Waals surface area contributed by atoms with E-state index < -0.39 is 0 Å². The summed E-state index contributed by atoms with van der Waals surface area (Å²) in [5, 5.41) is 2.80. The van der Waals surface area contributed by atoms with E-state index in [0.29, 0.717) is 54.6 Å². The lowest BCUT2D eigenvalue weighted by molar-refractivity contribution is -0.117. The Balaban J connectivity index is 1.34. The van der Waals surface area contributed by atoms with Crippen molar-refractivity contribution in [1.82, 2.24) is 14.8 Å². The second-order valence-corrected chi connectivity index (χ2v) is 7.14. The zero-order valence-electron chi connectivity index (χ0n) is 16.6. The molecule has 0 bridgehead atoms. The van der Waals surface area contributed by atoms with Crippen molar-refractivity contribution in [2.45, 2.75) is 6.92 Å². The Kier molecular flexibility index (Phi) is 5.62. The molecule has 1 aromatic carbocycles. The van der Waals surface area contributed by atoms with Crippen molar-refractivity contribution in [3.63, 3.8) is 0 Å². The molecule has 0 unspecified atom stereocenters. The van der Waals surface area contributed by atoms with E-state index in [9.17, 15) is 14.4 Å². The van der Waals surface area contributed by atoms with E-state index >= 15 is 0 Å². The normalized spacial score (nSPS) is 15.7. The van der Waals surface area contributed by atoms with Gasteiger partial charge >= 0.3 is 0 Å². The first kappa shape index (κ1) is 19.8. The van der Waals surface area contributed by atoms with Crippen molar-refractivity contribution >= 4 is 23.3 Å². The molecule has 0 radical (unpaired) electrons. The summed E-state index contributed by atoms with van der Waals surface area (Å²) in [7, 11) is 0. The molecule has 2 amide bonds. The summed E-state index contributed by atoms with van der Waals surface area (Å²) in [5.74, 6) is 0.473. The molecule has 2 aromatic rings. The number of amides is 2. The Labute approximate surface area is 173 Å². The molecule has 9 nitrogen and oxygen atoms in total. The minimum absolute atomic E-state index is 0.0889. The van der Waals surface area contributed by atoms with Gasteiger partial charge in [-0.1, -0.05) is 6.07 Å². The van der Waals surface area contributed by atoms with Crippen molar-refractivity contribution in [1.29, 1.82) is 0 Å². The van der Waals surface area contributed by atoms with Gasteiger partial charge in [-0.05, 0) is 25.1 Å². The minimum atomic E-state index is -0.235. The molecule has 9 heteroatoms. The molecule has 1 fully saturated rings. The number of aromatic nitrogens is 1. The van der Waals surface area contributed by atoms with Gasteiger partial charge in [0.1, 0.15) is 5.69 Å². The number of benzene rings is 1. The van der Waals surface area contributed by atoms with Crippen LogP contribution in [-0.4, -0.2) is 71.9 Å². The number of carbonyl (C=O) groups excluding carboxylic acids is 3. The topological polar surface area (TPSA) is 101 Å². The summed E-state index contributed by atoms with van der Waals surface area (Å²) < 4.78 is 10.6. The third kappa shape index (κ3) is 4.25. The van der Waals surface area contributed by atoms with Crippen LogP contribution in [0.4, 0.5) is 5.69 Å². The first-order valence-electron chi connectivity index (χ1n) is 9.68. The maximum absolute atomic E-state index is 12.6. The van der Waals surface area contributed by atoms with Gasteiger partial charge in [0.15, 0.2) is 17.3 Å². The van der Waals surface area contributed by atoms with Crippen molar-refractivity contribution < 1.29 is 23.9 Å². The van der Waals surface area contributed by atoms with E-state index in [4.69, 9.17) is 9.47 Å². The van der Waals surface area contributed by atoms with Gasteiger partial charge in [0, 0.05) is 44.0 Å². The second kappa shape index (κ2) is 8.50. The van der Waals surface area contributed by atoms with Crippen LogP contribution in [0.15, 0.2) is 36.5 Å². The minimum Gasteiger partial charge on any atom is -0.454 e. The van der Waals surface area contributed by atoms with Crippen molar-refractivity contribution in [2.75, 3.05) is 44.8 Å². The van der Waals surface area contributed by atoms with E-state index in [1.165, 1.54) is 6.92 Å². The maximum atomic E-state index is 12.6. The fourth-order valence-electron chi connectivity index (χ4n) is 3.49. The highest BCUT2D eigenvalue weighted by atomic mass is 16.7. The Hall–Kier alpha value is -3.46. The number of fused-ring (bicyclic) bond motifs is 1. The fourth-order valence-corrected chi connectivity index (χ4v) is 3.49. The number of ether oxygens (including phenoxy) is 2. The maximum Gasteiger partial charge on any atom is 0.272 e. The summed E-state index contributed by atoms with van der Waals surface area (Å²) in [5.41, 5.74) is 1.20. The van der Waals surface area contributed by atoms with E-state index in [2.05, 4.69) is 10.3 Å². The highest BCUT2D eigenvalue weighted by molar-refractivity contribution is 6.05. The molecule has 2 aliphatic heterocycles. The average Bonchev–Trinajstić information content (AvgIpc) is 3.21. The van der Waals surface area contributed by atoms with E-state index in [-0.39, 0.29) is 30.9 Å². The number of rotatable bonds is 5. The first-order valence-corrected chi connectivity index (χ1v) is 9.68. The predicted molar refractivity (Wildman–Crippen MR) is 108 cm³/mol. The summed E-state index contributed by atoms with van der Waals surface area (Å²) >= 11 is 0. The van der Waals surface area contributed by atoms with Gasteiger partial charge in [-0.25, -0.2) is 0 Å². The number of Topliss-reactive ketones (excluding diaryl/α,β-unsaturated/α-hetero) is 1. The Morgan fingerprint density at radius 2 is 1.80 bits per heavy atom. The van der Waals surface area contributed by atoms with Crippen LogP contribution in [0.2, 0.25) is 0 Å². The molecule has 1 aromatic heterocycles. The fraction of sp³-hybridized carbons (Fsp3) is 0.333. The molecule has 1 saturated heterocycles. The highest BCUT2D eigenvalue weighted by Gasteiger charge is 2.25. The Bertz CT molecular complexity index is 971. The summed E-state index contributed by atoms with van der Waals surface area (Å²) in [4.78, 5) is 44.8. The first-order chi connectivity index (χ1) is 14.5. The van der Waals surface area contributed by atoms with Gasteiger partial charge in [0.25, 0.3) is 5.91 Å². The summed E-state index contributed by atoms with van der Waals surface area (Å²) in [6.07, 6.45) is 1.60. The molecule has 30 heavy (non-hydrogen) atoms. The van der Waals surface area contributed by atoms with Crippen LogP contribution in [0.5, 0.6) is 11.5 Å². The van der Waals surface area contributed by atoms with E-state index in [1.807, 2.05) is 4.90 Å². The summed E-state index contributed by atoms with van der Waals surface area (Å²) in [6, 6.07) is 8.44. The van der Waals surface area contributed by atoms with Gasteiger partial charge in [-0.3, -0.25) is 24.3 Å². The third-order valence-corrected chi connectivity index (χ3v) is 5.08. The monoisotopic (exact) mass is 410 g/mol. The van der Waals surface area contributed by atoms with Crippen LogP contribution in [0.1, 0.15) is 27.8 Å². The van der Waals surface area contributed by atoms with Crippen molar-refractivity contribution in [3.05, 3.63) is 47.8 Å². The van der Waals surface area contributed by atoms with Gasteiger partial charge in [0.2, 0.25) is 12.7 Å². The van der Waals surface area contributed by atoms with E-state index in [0.717, 1.165) is 0 Å². The second-order valence-electron chi connectivity index (χ2n) is 7.14. The molecule has 1 N–H and O–H groups in total. The van der Waals surface area contributed by atoms with Crippen molar-refractivity contribution in [2.24, 2.45) is 0 Å². The third-order valence-electron chi connectivity index (χ3n) is 5.08. The Morgan fingerprint density at radius 1 is 1.07 bits per heavy atom. The molecule has 156 valence electrons. The number of hydrogen-bond donors (Lipinski definition) is 1. The molecule has 0 atom stereocenters. The average molecular weight is 410 g/mol. The number of nitrogens with one attached hydrogen (secondary N) is 1. The van der Waals surface area contributed by atoms with Gasteiger partial charge in [-0.2, -0.15) is 0 Å². The van der Waals surface area contributed by atoms with Crippen LogP contribution in [0.3, 0.4) is 0 Å². The molecule has 2 aliphatic rings. The quantitative estimate of drug-likeness (QED) is 0.744. The van der Waals surface area contributed by atoms with Gasteiger partial charge in [0.05, 0.1) is 12.2 Å². The molecule has 4 rings (SSSR count). The number of ketones is 1. The number of anilines is 1. The lowest BCUT2D eigenvalue weighted by Crippen LogP contribution is -2.50. The van der Waals surface area contributed by atoms with Crippen LogP contribution >= 0.6 is 0 Å². The van der Waals surface area contributed by atoms with Crippen LogP contribution < -0.4 is 14.8 Å². The highest BCUT2D eigenvalue weighted by Crippen LogP contribution is 2.37. The number of pyridine rings is 1. The SMILES string of the molecule is CC(=O)c1cc2c(cc1NC(=O)CN1CCN(C(=O)c3ccccn3)CC1)OCO2. The van der Waals surface area contributed by atoms with Crippen molar-refractivity contribution in [3.8, 4) is 11.5 Å². The molecular weight excluding hydrogens is 388 g/mol. The van der Waals surface area contributed by atoms with Crippen LogP contribution in [0.25, 0.3) is 0 Å². The van der Waals surface area contributed by atoms with Gasteiger partial charge < -0.3 is 19.7 Å². The molecular formula is C21H22N4O5. The largest absolute Gasteiger partial charge is 0.454 e. The van der Waals surface area contributed by atoms with Crippen LogP contribution in [0, 0.1) is 0 Å². The van der Waals surface area contributed by atoms with Crippen LogP contribution in [-0.2, 0) is 4.79 Å². The number of piperazine rings is 1. The Morgan fingerprint density at radius 3 is 2.47 bits per heavy atom. The number of carbonyl (C=O) groups is 3. The smallest absolute Gasteiger partial charge is 0.272 e. The molecule has 0 saturated carbocycles. The summed E-state index contributed by atoms with van der Waals surface area (Å²) in [6.45, 7) is 3.88.